The number of benzene rings is 1. The van der Waals surface area contributed by atoms with Crippen molar-refractivity contribution in [3.8, 4) is 11.6 Å². The minimum Gasteiger partial charge on any atom is -0.461 e. The number of nitrogens with one attached hydrogen (secondary N) is 1. The molecule has 1 N–H and O–H groups in total. The molecule has 7 heteroatoms. The van der Waals surface area contributed by atoms with Gasteiger partial charge in [0, 0.05) is 6.54 Å². The first kappa shape index (κ1) is 19.2. The van der Waals surface area contributed by atoms with Crippen LogP contribution in [0.3, 0.4) is 0 Å². The Labute approximate surface area is 163 Å². The SMILES string of the molecule is CC(C)CNC(=O)[C@H](C)Sc1nnc(-c2ccco2)n1Cc1ccccc1. The fourth-order valence-electron chi connectivity index (χ4n) is 2.53. The molecule has 0 saturated heterocycles. The van der Waals surface area contributed by atoms with Gasteiger partial charge >= 0.3 is 0 Å². The monoisotopic (exact) mass is 384 g/mol. The second-order valence-corrected chi connectivity index (χ2v) is 8.06. The van der Waals surface area contributed by atoms with Crippen LogP contribution in [-0.2, 0) is 11.3 Å². The third-order valence-corrected chi connectivity index (χ3v) is 5.06. The zero-order valence-electron chi connectivity index (χ0n) is 15.8. The highest BCUT2D eigenvalue weighted by atomic mass is 32.2. The largest absolute Gasteiger partial charge is 0.461 e. The van der Waals surface area contributed by atoms with Crippen LogP contribution in [0.5, 0.6) is 0 Å². The normalized spacial score (nSPS) is 12.3. The minimum atomic E-state index is -0.271. The van der Waals surface area contributed by atoms with Gasteiger partial charge in [-0.1, -0.05) is 55.9 Å². The predicted octanol–water partition coefficient (Wildman–Crippen LogP) is 3.84. The van der Waals surface area contributed by atoms with Gasteiger partial charge in [0.15, 0.2) is 10.9 Å². The van der Waals surface area contributed by atoms with Crippen molar-refractivity contribution >= 4 is 17.7 Å². The molecule has 0 bridgehead atoms. The number of carbonyl (C=O) groups excluding carboxylic acids is 1. The summed E-state index contributed by atoms with van der Waals surface area (Å²) in [5, 5.41) is 12.0. The molecule has 1 atom stereocenters. The zero-order valence-corrected chi connectivity index (χ0v) is 16.6. The highest BCUT2D eigenvalue weighted by Gasteiger charge is 2.22. The van der Waals surface area contributed by atoms with E-state index in [0.717, 1.165) is 5.56 Å². The van der Waals surface area contributed by atoms with E-state index in [0.29, 0.717) is 35.7 Å². The van der Waals surface area contributed by atoms with E-state index in [1.54, 1.807) is 6.26 Å². The van der Waals surface area contributed by atoms with Crippen LogP contribution in [0, 0.1) is 5.92 Å². The molecule has 27 heavy (non-hydrogen) atoms. The van der Waals surface area contributed by atoms with Crippen molar-refractivity contribution in [2.75, 3.05) is 6.54 Å². The second-order valence-electron chi connectivity index (χ2n) is 6.75. The van der Waals surface area contributed by atoms with Crippen molar-refractivity contribution < 1.29 is 9.21 Å². The molecule has 2 aromatic heterocycles. The highest BCUT2D eigenvalue weighted by molar-refractivity contribution is 8.00. The molecule has 0 fully saturated rings. The van der Waals surface area contributed by atoms with Gasteiger partial charge in [-0.05, 0) is 30.5 Å². The summed E-state index contributed by atoms with van der Waals surface area (Å²) >= 11 is 1.40. The Balaban J connectivity index is 1.83. The Bertz CT molecular complexity index is 860. The van der Waals surface area contributed by atoms with Gasteiger partial charge < -0.3 is 9.73 Å². The summed E-state index contributed by atoms with van der Waals surface area (Å²) in [5.74, 6) is 1.73. The van der Waals surface area contributed by atoms with Crippen molar-refractivity contribution in [1.29, 1.82) is 0 Å². The molecule has 142 valence electrons. The molecule has 6 nitrogen and oxygen atoms in total. The number of nitrogens with zero attached hydrogens (tertiary/aromatic N) is 3. The molecule has 0 unspecified atom stereocenters. The van der Waals surface area contributed by atoms with Gasteiger partial charge in [-0.3, -0.25) is 9.36 Å². The summed E-state index contributed by atoms with van der Waals surface area (Å²) in [6.07, 6.45) is 1.62. The molecular formula is C20H24N4O2S. The lowest BCUT2D eigenvalue weighted by atomic mass is 10.2. The van der Waals surface area contributed by atoms with Gasteiger partial charge in [0.1, 0.15) is 0 Å². The first-order valence-corrected chi connectivity index (χ1v) is 9.88. The third kappa shape index (κ3) is 5.01. The number of furan rings is 1. The fourth-order valence-corrected chi connectivity index (χ4v) is 3.41. The van der Waals surface area contributed by atoms with Gasteiger partial charge in [0.25, 0.3) is 0 Å². The van der Waals surface area contributed by atoms with Gasteiger partial charge in [0.2, 0.25) is 11.7 Å². The summed E-state index contributed by atoms with van der Waals surface area (Å²) in [7, 11) is 0. The fraction of sp³-hybridized carbons (Fsp3) is 0.350. The average molecular weight is 385 g/mol. The highest BCUT2D eigenvalue weighted by Crippen LogP contribution is 2.28. The molecule has 3 aromatic rings. The molecule has 3 rings (SSSR count). The summed E-state index contributed by atoms with van der Waals surface area (Å²) in [4.78, 5) is 12.3. The van der Waals surface area contributed by atoms with E-state index in [1.807, 2.05) is 41.8 Å². The molecule has 0 spiro atoms. The standard InChI is InChI=1S/C20H24N4O2S/c1-14(2)12-21-19(25)15(3)27-20-23-22-18(17-10-7-11-26-17)24(20)13-16-8-5-4-6-9-16/h4-11,14-15H,12-13H2,1-3H3,(H,21,25)/t15-/m0/s1. The maximum absolute atomic E-state index is 12.3. The van der Waals surface area contributed by atoms with E-state index < -0.39 is 0 Å². The van der Waals surface area contributed by atoms with E-state index in [2.05, 4.69) is 41.5 Å². The van der Waals surface area contributed by atoms with Crippen LogP contribution in [-0.4, -0.2) is 32.5 Å². The summed E-state index contributed by atoms with van der Waals surface area (Å²) < 4.78 is 7.51. The maximum atomic E-state index is 12.3. The van der Waals surface area contributed by atoms with Gasteiger partial charge in [-0.25, -0.2) is 0 Å². The van der Waals surface area contributed by atoms with Crippen LogP contribution in [0.25, 0.3) is 11.6 Å². The first-order valence-electron chi connectivity index (χ1n) is 9.00. The number of hydrogen-bond donors (Lipinski definition) is 1. The van der Waals surface area contributed by atoms with Crippen LogP contribution in [0.1, 0.15) is 26.3 Å². The second kappa shape index (κ2) is 8.90. The van der Waals surface area contributed by atoms with Gasteiger partial charge in [0.05, 0.1) is 18.1 Å². The molecule has 0 aliphatic heterocycles. The summed E-state index contributed by atoms with van der Waals surface area (Å²) in [6.45, 7) is 7.30. The Morgan fingerprint density at radius 3 is 2.59 bits per heavy atom. The van der Waals surface area contributed by atoms with Crippen LogP contribution < -0.4 is 5.32 Å². The van der Waals surface area contributed by atoms with Crippen LogP contribution in [0.15, 0.2) is 58.3 Å². The lowest BCUT2D eigenvalue weighted by molar-refractivity contribution is -0.120. The van der Waals surface area contributed by atoms with Crippen molar-refractivity contribution in [2.24, 2.45) is 5.92 Å². The van der Waals surface area contributed by atoms with Crippen molar-refractivity contribution in [3.05, 3.63) is 54.3 Å². The Morgan fingerprint density at radius 1 is 1.15 bits per heavy atom. The Kier molecular flexibility index (Phi) is 6.34. The van der Waals surface area contributed by atoms with Crippen molar-refractivity contribution in [1.82, 2.24) is 20.1 Å². The lowest BCUT2D eigenvalue weighted by Gasteiger charge is -2.14. The van der Waals surface area contributed by atoms with Gasteiger partial charge in [-0.15, -0.1) is 10.2 Å². The van der Waals surface area contributed by atoms with E-state index in [4.69, 9.17) is 4.42 Å². The zero-order chi connectivity index (χ0) is 19.2. The van der Waals surface area contributed by atoms with E-state index >= 15 is 0 Å². The van der Waals surface area contributed by atoms with Crippen molar-refractivity contribution in [2.45, 2.75) is 37.7 Å². The molecule has 0 aliphatic carbocycles. The quantitative estimate of drug-likeness (QED) is 0.598. The maximum Gasteiger partial charge on any atom is 0.233 e. The van der Waals surface area contributed by atoms with Crippen LogP contribution in [0.4, 0.5) is 0 Å². The summed E-state index contributed by atoms with van der Waals surface area (Å²) in [5.41, 5.74) is 1.13. The molecular weight excluding hydrogens is 360 g/mol. The molecule has 1 amide bonds. The van der Waals surface area contributed by atoms with E-state index in [1.165, 1.54) is 11.8 Å². The number of amides is 1. The molecule has 1 aromatic carbocycles. The number of hydrogen-bond acceptors (Lipinski definition) is 5. The number of aromatic nitrogens is 3. The van der Waals surface area contributed by atoms with Gasteiger partial charge in [-0.2, -0.15) is 0 Å². The Morgan fingerprint density at radius 2 is 1.93 bits per heavy atom. The molecule has 0 saturated carbocycles. The smallest absolute Gasteiger partial charge is 0.233 e. The number of thioether (sulfide) groups is 1. The Hall–Kier alpha value is -2.54. The molecule has 2 heterocycles. The van der Waals surface area contributed by atoms with Crippen molar-refractivity contribution in [3.63, 3.8) is 0 Å². The van der Waals surface area contributed by atoms with E-state index in [-0.39, 0.29) is 11.2 Å². The summed E-state index contributed by atoms with van der Waals surface area (Å²) in [6, 6.07) is 13.8. The number of carbonyl (C=O) groups is 1. The minimum absolute atomic E-state index is 0.00232. The molecule has 0 aliphatic rings. The average Bonchev–Trinajstić information content (AvgIpc) is 3.31. The van der Waals surface area contributed by atoms with Crippen LogP contribution >= 0.6 is 11.8 Å². The molecule has 0 radical (unpaired) electrons. The van der Waals surface area contributed by atoms with Crippen LogP contribution in [0.2, 0.25) is 0 Å². The lowest BCUT2D eigenvalue weighted by Crippen LogP contribution is -2.33. The predicted molar refractivity (Wildman–Crippen MR) is 106 cm³/mol. The topological polar surface area (TPSA) is 73.0 Å². The first-order chi connectivity index (χ1) is 13.0. The third-order valence-electron chi connectivity index (χ3n) is 3.98. The number of rotatable bonds is 8. The van der Waals surface area contributed by atoms with E-state index in [9.17, 15) is 4.79 Å².